The van der Waals surface area contributed by atoms with Gasteiger partial charge in [0.15, 0.2) is 5.79 Å². The molecule has 1 heterocycles. The molecule has 0 aromatic heterocycles. The van der Waals surface area contributed by atoms with Crippen LogP contribution in [0.1, 0.15) is 19.8 Å². The van der Waals surface area contributed by atoms with Crippen molar-refractivity contribution >= 4 is 5.97 Å². The van der Waals surface area contributed by atoms with Crippen LogP contribution in [-0.2, 0) is 19.0 Å². The van der Waals surface area contributed by atoms with E-state index in [9.17, 15) is 4.79 Å². The van der Waals surface area contributed by atoms with Gasteiger partial charge < -0.3 is 14.2 Å². The summed E-state index contributed by atoms with van der Waals surface area (Å²) in [4.78, 5) is 10.8. The van der Waals surface area contributed by atoms with E-state index < -0.39 is 5.79 Å². The number of carbonyl (C=O) groups excluding carboxylic acids is 1. The van der Waals surface area contributed by atoms with E-state index in [2.05, 4.69) is 4.74 Å². The van der Waals surface area contributed by atoms with Crippen LogP contribution >= 0.6 is 0 Å². The van der Waals surface area contributed by atoms with Gasteiger partial charge in [0.25, 0.3) is 0 Å². The average Bonchev–Trinajstić information content (AvgIpc) is 2.18. The Balaban J connectivity index is 2.35. The van der Waals surface area contributed by atoms with Crippen molar-refractivity contribution in [3.8, 4) is 0 Å². The van der Waals surface area contributed by atoms with Crippen molar-refractivity contribution in [2.75, 3.05) is 20.3 Å². The van der Waals surface area contributed by atoms with Crippen molar-refractivity contribution < 1.29 is 19.0 Å². The maximum Gasteiger partial charge on any atom is 0.330 e. The lowest BCUT2D eigenvalue weighted by Gasteiger charge is -2.32. The SMILES string of the molecule is COC(=O)/C=C/CC1(C)OCCCO1. The molecule has 4 nitrogen and oxygen atoms in total. The molecule has 0 bridgehead atoms. The third-order valence-electron chi connectivity index (χ3n) is 2.05. The van der Waals surface area contributed by atoms with Gasteiger partial charge in [0.1, 0.15) is 0 Å². The standard InChI is InChI=1S/C10H16O4/c1-10(13-7-4-8-14-10)6-3-5-9(11)12-2/h3,5H,4,6-8H2,1-2H3/b5-3+. The molecule has 0 spiro atoms. The largest absolute Gasteiger partial charge is 0.466 e. The summed E-state index contributed by atoms with van der Waals surface area (Å²) in [6, 6.07) is 0. The summed E-state index contributed by atoms with van der Waals surface area (Å²) in [5, 5.41) is 0. The number of hydrogen-bond acceptors (Lipinski definition) is 4. The van der Waals surface area contributed by atoms with Gasteiger partial charge in [0, 0.05) is 12.5 Å². The minimum Gasteiger partial charge on any atom is -0.466 e. The van der Waals surface area contributed by atoms with Crippen LogP contribution in [-0.4, -0.2) is 32.1 Å². The first-order valence-corrected chi connectivity index (χ1v) is 4.69. The molecular formula is C10H16O4. The Bertz CT molecular complexity index is 216. The number of methoxy groups -OCH3 is 1. The zero-order valence-electron chi connectivity index (χ0n) is 8.62. The molecule has 1 fully saturated rings. The van der Waals surface area contributed by atoms with Crippen molar-refractivity contribution in [2.45, 2.75) is 25.6 Å². The fourth-order valence-electron chi connectivity index (χ4n) is 1.23. The Kier molecular flexibility index (Phi) is 4.10. The van der Waals surface area contributed by atoms with Crippen LogP contribution in [0.4, 0.5) is 0 Å². The Morgan fingerprint density at radius 1 is 1.50 bits per heavy atom. The first-order valence-electron chi connectivity index (χ1n) is 4.69. The summed E-state index contributed by atoms with van der Waals surface area (Å²) < 4.78 is 15.4. The summed E-state index contributed by atoms with van der Waals surface area (Å²) in [5.74, 6) is -0.938. The molecule has 1 rings (SSSR count). The Morgan fingerprint density at radius 3 is 2.71 bits per heavy atom. The molecule has 4 heteroatoms. The second-order valence-corrected chi connectivity index (χ2v) is 3.31. The lowest BCUT2D eigenvalue weighted by atomic mass is 10.2. The van der Waals surface area contributed by atoms with Crippen LogP contribution in [0.5, 0.6) is 0 Å². The molecule has 80 valence electrons. The maximum absolute atomic E-state index is 10.8. The normalized spacial score (nSPS) is 21.0. The predicted octanol–water partition coefficient (Wildman–Crippen LogP) is 1.26. The fraction of sp³-hybridized carbons (Fsp3) is 0.700. The van der Waals surface area contributed by atoms with Crippen molar-refractivity contribution in [3.63, 3.8) is 0 Å². The summed E-state index contributed by atoms with van der Waals surface area (Å²) in [5.41, 5.74) is 0. The van der Waals surface area contributed by atoms with Crippen molar-refractivity contribution in [2.24, 2.45) is 0 Å². The van der Waals surface area contributed by atoms with Gasteiger partial charge in [-0.15, -0.1) is 0 Å². The topological polar surface area (TPSA) is 44.8 Å². The monoisotopic (exact) mass is 200 g/mol. The summed E-state index contributed by atoms with van der Waals surface area (Å²) in [6.45, 7) is 3.29. The van der Waals surface area contributed by atoms with E-state index in [4.69, 9.17) is 9.47 Å². The van der Waals surface area contributed by atoms with Crippen LogP contribution in [0.2, 0.25) is 0 Å². The molecule has 14 heavy (non-hydrogen) atoms. The van der Waals surface area contributed by atoms with E-state index in [0.29, 0.717) is 19.6 Å². The molecule has 0 aliphatic carbocycles. The smallest absolute Gasteiger partial charge is 0.330 e. The van der Waals surface area contributed by atoms with E-state index in [1.165, 1.54) is 13.2 Å². The molecule has 0 N–H and O–H groups in total. The summed E-state index contributed by atoms with van der Waals surface area (Å²) in [7, 11) is 1.35. The molecule has 1 aliphatic rings. The Morgan fingerprint density at radius 2 is 2.14 bits per heavy atom. The molecule has 0 unspecified atom stereocenters. The minimum absolute atomic E-state index is 0.357. The minimum atomic E-state index is -0.581. The molecule has 1 aliphatic heterocycles. The lowest BCUT2D eigenvalue weighted by Crippen LogP contribution is -2.36. The van der Waals surface area contributed by atoms with Gasteiger partial charge in [-0.2, -0.15) is 0 Å². The van der Waals surface area contributed by atoms with Gasteiger partial charge in [-0.3, -0.25) is 0 Å². The lowest BCUT2D eigenvalue weighted by molar-refractivity contribution is -0.253. The number of rotatable bonds is 3. The first-order chi connectivity index (χ1) is 6.66. The molecule has 0 saturated carbocycles. The van der Waals surface area contributed by atoms with E-state index >= 15 is 0 Å². The van der Waals surface area contributed by atoms with E-state index in [1.54, 1.807) is 6.08 Å². The second-order valence-electron chi connectivity index (χ2n) is 3.31. The van der Waals surface area contributed by atoms with E-state index in [1.807, 2.05) is 6.92 Å². The fourth-order valence-corrected chi connectivity index (χ4v) is 1.23. The van der Waals surface area contributed by atoms with E-state index in [-0.39, 0.29) is 5.97 Å². The van der Waals surface area contributed by atoms with Crippen molar-refractivity contribution in [1.82, 2.24) is 0 Å². The summed E-state index contributed by atoms with van der Waals surface area (Å²) in [6.07, 6.45) is 4.57. The molecule has 0 aromatic rings. The van der Waals surface area contributed by atoms with Gasteiger partial charge in [0.05, 0.1) is 20.3 Å². The van der Waals surface area contributed by atoms with Crippen molar-refractivity contribution in [3.05, 3.63) is 12.2 Å². The zero-order valence-corrected chi connectivity index (χ0v) is 8.62. The quantitative estimate of drug-likeness (QED) is 0.508. The number of hydrogen-bond donors (Lipinski definition) is 0. The zero-order chi connectivity index (χ0) is 10.4. The molecule has 0 atom stereocenters. The third kappa shape index (κ3) is 3.47. The molecule has 1 saturated heterocycles. The maximum atomic E-state index is 10.8. The molecular weight excluding hydrogens is 184 g/mol. The average molecular weight is 200 g/mol. The Labute approximate surface area is 83.8 Å². The first kappa shape index (κ1) is 11.2. The van der Waals surface area contributed by atoms with Gasteiger partial charge >= 0.3 is 5.97 Å². The third-order valence-corrected chi connectivity index (χ3v) is 2.05. The van der Waals surface area contributed by atoms with Crippen LogP contribution in [0.15, 0.2) is 12.2 Å². The highest BCUT2D eigenvalue weighted by Crippen LogP contribution is 2.22. The highest BCUT2D eigenvalue weighted by molar-refractivity contribution is 5.81. The van der Waals surface area contributed by atoms with E-state index in [0.717, 1.165) is 6.42 Å². The molecule has 0 aromatic carbocycles. The summed E-state index contributed by atoms with van der Waals surface area (Å²) >= 11 is 0. The Hall–Kier alpha value is -0.870. The van der Waals surface area contributed by atoms with Gasteiger partial charge in [-0.1, -0.05) is 6.08 Å². The van der Waals surface area contributed by atoms with Gasteiger partial charge in [0.2, 0.25) is 0 Å². The molecule has 0 amide bonds. The van der Waals surface area contributed by atoms with Crippen LogP contribution in [0.25, 0.3) is 0 Å². The molecule has 0 radical (unpaired) electrons. The number of esters is 1. The highest BCUT2D eigenvalue weighted by atomic mass is 16.7. The van der Waals surface area contributed by atoms with Crippen LogP contribution < -0.4 is 0 Å². The van der Waals surface area contributed by atoms with Crippen LogP contribution in [0.3, 0.4) is 0 Å². The second kappa shape index (κ2) is 5.12. The predicted molar refractivity (Wildman–Crippen MR) is 50.7 cm³/mol. The van der Waals surface area contributed by atoms with Gasteiger partial charge in [-0.05, 0) is 13.3 Å². The van der Waals surface area contributed by atoms with Crippen LogP contribution in [0, 0.1) is 0 Å². The van der Waals surface area contributed by atoms with Crippen molar-refractivity contribution in [1.29, 1.82) is 0 Å². The number of carbonyl (C=O) groups is 1. The number of ether oxygens (including phenoxy) is 3. The van der Waals surface area contributed by atoms with Gasteiger partial charge in [-0.25, -0.2) is 4.79 Å². The highest BCUT2D eigenvalue weighted by Gasteiger charge is 2.27.